The number of hydrogen-bond donors (Lipinski definition) is 3. The Hall–Kier alpha value is -1.14. The van der Waals surface area contributed by atoms with Gasteiger partial charge in [0.25, 0.3) is 0 Å². The van der Waals surface area contributed by atoms with E-state index in [0.29, 0.717) is 26.0 Å². The number of carbonyl (C=O) groups excluding carboxylic acids is 2. The molecule has 0 radical (unpaired) electrons. The van der Waals surface area contributed by atoms with Crippen molar-refractivity contribution >= 4 is 11.8 Å². The monoisotopic (exact) mass is 227 g/mol. The predicted octanol–water partition coefficient (Wildman–Crippen LogP) is -1.63. The highest BCUT2D eigenvalue weighted by Gasteiger charge is 2.27. The van der Waals surface area contributed by atoms with Crippen molar-refractivity contribution in [3.8, 4) is 0 Å². The van der Waals surface area contributed by atoms with Gasteiger partial charge in [-0.15, -0.1) is 0 Å². The summed E-state index contributed by atoms with van der Waals surface area (Å²) in [4.78, 5) is 22.6. The minimum Gasteiger partial charge on any atom is -0.374 e. The highest BCUT2D eigenvalue weighted by Crippen LogP contribution is 2.06. The summed E-state index contributed by atoms with van der Waals surface area (Å²) >= 11 is 0. The third kappa shape index (κ3) is 2.93. The zero-order valence-electron chi connectivity index (χ0n) is 9.12. The van der Waals surface area contributed by atoms with E-state index in [1.807, 2.05) is 0 Å². The minimum atomic E-state index is -0.357. The van der Waals surface area contributed by atoms with E-state index in [0.717, 1.165) is 13.1 Å². The van der Waals surface area contributed by atoms with E-state index in [1.165, 1.54) is 0 Å². The van der Waals surface area contributed by atoms with Crippen LogP contribution in [0.1, 0.15) is 12.8 Å². The summed E-state index contributed by atoms with van der Waals surface area (Å²) < 4.78 is 5.45. The van der Waals surface area contributed by atoms with Gasteiger partial charge in [-0.05, 0) is 6.42 Å². The zero-order chi connectivity index (χ0) is 11.4. The lowest BCUT2D eigenvalue weighted by molar-refractivity contribution is -0.126. The van der Waals surface area contributed by atoms with Crippen LogP contribution in [0.3, 0.4) is 0 Å². The van der Waals surface area contributed by atoms with Gasteiger partial charge in [0.05, 0.1) is 12.7 Å². The van der Waals surface area contributed by atoms with Crippen LogP contribution in [0.5, 0.6) is 0 Å². The molecule has 0 aromatic rings. The summed E-state index contributed by atoms with van der Waals surface area (Å²) in [5, 5.41) is 8.62. The Kier molecular flexibility index (Phi) is 3.74. The Morgan fingerprint density at radius 3 is 3.06 bits per heavy atom. The van der Waals surface area contributed by atoms with E-state index in [-0.39, 0.29) is 24.0 Å². The molecule has 0 aromatic heterocycles. The molecule has 0 saturated carbocycles. The molecule has 2 fully saturated rings. The third-order valence-corrected chi connectivity index (χ3v) is 2.82. The van der Waals surface area contributed by atoms with Gasteiger partial charge in [0.15, 0.2) is 0 Å². The summed E-state index contributed by atoms with van der Waals surface area (Å²) in [5.74, 6) is -0.157. The predicted molar refractivity (Wildman–Crippen MR) is 56.8 cm³/mol. The fraction of sp³-hybridized carbons (Fsp3) is 0.800. The molecule has 2 amide bonds. The van der Waals surface area contributed by atoms with Crippen molar-refractivity contribution in [3.05, 3.63) is 0 Å². The molecular formula is C10H17N3O3. The van der Waals surface area contributed by atoms with E-state index >= 15 is 0 Å². The van der Waals surface area contributed by atoms with Crippen molar-refractivity contribution in [2.24, 2.45) is 0 Å². The Labute approximate surface area is 94.1 Å². The molecule has 16 heavy (non-hydrogen) atoms. The maximum Gasteiger partial charge on any atom is 0.242 e. The molecule has 2 aliphatic rings. The number of morpholine rings is 1. The molecule has 2 rings (SSSR count). The van der Waals surface area contributed by atoms with Crippen LogP contribution in [0.15, 0.2) is 0 Å². The van der Waals surface area contributed by atoms with Crippen molar-refractivity contribution in [2.45, 2.75) is 25.0 Å². The van der Waals surface area contributed by atoms with Crippen LogP contribution in [-0.4, -0.2) is 50.2 Å². The fourth-order valence-corrected chi connectivity index (χ4v) is 1.90. The Morgan fingerprint density at radius 2 is 2.44 bits per heavy atom. The van der Waals surface area contributed by atoms with E-state index in [2.05, 4.69) is 16.0 Å². The Bertz CT molecular complexity index is 276. The van der Waals surface area contributed by atoms with E-state index in [9.17, 15) is 9.59 Å². The maximum atomic E-state index is 11.6. The van der Waals surface area contributed by atoms with Gasteiger partial charge in [0, 0.05) is 26.1 Å². The maximum absolute atomic E-state index is 11.6. The molecule has 1 unspecified atom stereocenters. The first-order valence-corrected chi connectivity index (χ1v) is 5.65. The molecule has 0 aliphatic carbocycles. The molecule has 0 aromatic carbocycles. The van der Waals surface area contributed by atoms with Gasteiger partial charge in [-0.25, -0.2) is 0 Å². The summed E-state index contributed by atoms with van der Waals surface area (Å²) in [6.45, 7) is 2.80. The first-order chi connectivity index (χ1) is 7.75. The first-order valence-electron chi connectivity index (χ1n) is 5.65. The van der Waals surface area contributed by atoms with Crippen LogP contribution in [0.2, 0.25) is 0 Å². The highest BCUT2D eigenvalue weighted by molar-refractivity contribution is 5.90. The van der Waals surface area contributed by atoms with Gasteiger partial charge in [-0.1, -0.05) is 0 Å². The summed E-state index contributed by atoms with van der Waals surface area (Å²) in [6, 6.07) is -0.357. The first kappa shape index (κ1) is 11.3. The largest absolute Gasteiger partial charge is 0.374 e. The molecule has 2 saturated heterocycles. The fourth-order valence-electron chi connectivity index (χ4n) is 1.90. The van der Waals surface area contributed by atoms with Gasteiger partial charge in [-0.2, -0.15) is 0 Å². The Morgan fingerprint density at radius 1 is 1.56 bits per heavy atom. The highest BCUT2D eigenvalue weighted by atomic mass is 16.5. The second kappa shape index (κ2) is 5.27. The van der Waals surface area contributed by atoms with E-state index in [4.69, 9.17) is 4.74 Å². The van der Waals surface area contributed by atoms with E-state index in [1.54, 1.807) is 0 Å². The molecule has 0 spiro atoms. The minimum absolute atomic E-state index is 0.0369. The standard InChI is InChI=1S/C10H17N3O3/c14-9-2-1-8(13-9)10(15)12-6-7-5-11-3-4-16-7/h7-8,11H,1-6H2,(H,12,15)(H,13,14)/t7?,8-/m1/s1. The normalized spacial score (nSPS) is 29.9. The van der Waals surface area contributed by atoms with Crippen LogP contribution >= 0.6 is 0 Å². The van der Waals surface area contributed by atoms with Gasteiger partial charge in [-0.3, -0.25) is 9.59 Å². The quantitative estimate of drug-likeness (QED) is 0.541. The van der Waals surface area contributed by atoms with Crippen LogP contribution in [0.25, 0.3) is 0 Å². The molecule has 6 nitrogen and oxygen atoms in total. The zero-order valence-corrected chi connectivity index (χ0v) is 9.12. The average molecular weight is 227 g/mol. The summed E-state index contributed by atoms with van der Waals surface area (Å²) in [7, 11) is 0. The summed E-state index contributed by atoms with van der Waals surface area (Å²) in [5.41, 5.74) is 0. The van der Waals surface area contributed by atoms with Crippen molar-refractivity contribution in [1.29, 1.82) is 0 Å². The lowest BCUT2D eigenvalue weighted by Gasteiger charge is -2.24. The molecule has 90 valence electrons. The Balaban J connectivity index is 1.68. The van der Waals surface area contributed by atoms with Crippen molar-refractivity contribution in [3.63, 3.8) is 0 Å². The van der Waals surface area contributed by atoms with Crippen LogP contribution in [0.4, 0.5) is 0 Å². The molecule has 2 heterocycles. The smallest absolute Gasteiger partial charge is 0.242 e. The summed E-state index contributed by atoms with van der Waals surface area (Å²) in [6.07, 6.45) is 1.07. The lowest BCUT2D eigenvalue weighted by atomic mass is 10.2. The van der Waals surface area contributed by atoms with Crippen molar-refractivity contribution < 1.29 is 14.3 Å². The molecule has 0 bridgehead atoms. The second-order valence-electron chi connectivity index (χ2n) is 4.10. The molecule has 2 atom stereocenters. The van der Waals surface area contributed by atoms with Crippen molar-refractivity contribution in [1.82, 2.24) is 16.0 Å². The van der Waals surface area contributed by atoms with Crippen LogP contribution in [0, 0.1) is 0 Å². The number of nitrogens with one attached hydrogen (secondary N) is 3. The van der Waals surface area contributed by atoms with Crippen molar-refractivity contribution in [2.75, 3.05) is 26.2 Å². The average Bonchev–Trinajstić information content (AvgIpc) is 2.74. The van der Waals surface area contributed by atoms with Crippen LogP contribution < -0.4 is 16.0 Å². The molecule has 6 heteroatoms. The van der Waals surface area contributed by atoms with Gasteiger partial charge < -0.3 is 20.7 Å². The molecule has 2 aliphatic heterocycles. The molecule has 3 N–H and O–H groups in total. The number of hydrogen-bond acceptors (Lipinski definition) is 4. The second-order valence-corrected chi connectivity index (χ2v) is 4.10. The van der Waals surface area contributed by atoms with E-state index < -0.39 is 0 Å². The SMILES string of the molecule is O=C1CC[C@H](C(=O)NCC2CNCCO2)N1. The number of carbonyl (C=O) groups is 2. The van der Waals surface area contributed by atoms with Gasteiger partial charge in [0.1, 0.15) is 6.04 Å². The van der Waals surface area contributed by atoms with Gasteiger partial charge >= 0.3 is 0 Å². The van der Waals surface area contributed by atoms with Gasteiger partial charge in [0.2, 0.25) is 11.8 Å². The number of ether oxygens (including phenoxy) is 1. The topological polar surface area (TPSA) is 79.5 Å². The third-order valence-electron chi connectivity index (χ3n) is 2.82. The molecular weight excluding hydrogens is 210 g/mol. The lowest BCUT2D eigenvalue weighted by Crippen LogP contribution is -2.48. The number of rotatable bonds is 3. The van der Waals surface area contributed by atoms with Crippen LogP contribution in [-0.2, 0) is 14.3 Å². The number of amides is 2.